The molecule has 0 fully saturated rings. The SMILES string of the molecule is CCOc1cc(C2C3=C(CCCC3=O)N(CC)C3=C2C(=O)CCC3)cc(Cl)c1OCC(=O)Nc1ccc(Cl)cc1. The van der Waals surface area contributed by atoms with Crippen molar-refractivity contribution in [3.05, 3.63) is 74.5 Å². The Labute approximate surface area is 244 Å². The van der Waals surface area contributed by atoms with E-state index in [4.69, 9.17) is 32.7 Å². The topological polar surface area (TPSA) is 84.9 Å². The first-order chi connectivity index (χ1) is 19.3. The van der Waals surface area contributed by atoms with Gasteiger partial charge in [0, 0.05) is 58.6 Å². The normalized spacial score (nSPS) is 17.6. The van der Waals surface area contributed by atoms with E-state index >= 15 is 0 Å². The summed E-state index contributed by atoms with van der Waals surface area (Å²) in [5.41, 5.74) is 4.72. The van der Waals surface area contributed by atoms with Crippen molar-refractivity contribution >= 4 is 46.4 Å². The van der Waals surface area contributed by atoms with E-state index < -0.39 is 5.92 Å². The summed E-state index contributed by atoms with van der Waals surface area (Å²) in [6.07, 6.45) is 4.11. The number of ketones is 2. The minimum absolute atomic E-state index is 0.0721. The first-order valence-electron chi connectivity index (χ1n) is 13.8. The van der Waals surface area contributed by atoms with Crippen LogP contribution in [-0.4, -0.2) is 42.1 Å². The molecule has 0 spiro atoms. The summed E-state index contributed by atoms with van der Waals surface area (Å²) in [7, 11) is 0. The predicted molar refractivity (Wildman–Crippen MR) is 155 cm³/mol. The molecule has 0 unspecified atom stereocenters. The molecular formula is C31H32Cl2N2O5. The molecule has 0 aromatic heterocycles. The van der Waals surface area contributed by atoms with Crippen molar-refractivity contribution in [2.75, 3.05) is 25.1 Å². The monoisotopic (exact) mass is 582 g/mol. The summed E-state index contributed by atoms with van der Waals surface area (Å²) in [6, 6.07) is 10.3. The number of ether oxygens (including phenoxy) is 2. The van der Waals surface area contributed by atoms with Gasteiger partial charge < -0.3 is 19.7 Å². The first-order valence-corrected chi connectivity index (χ1v) is 14.5. The second kappa shape index (κ2) is 12.1. The van der Waals surface area contributed by atoms with Crippen LogP contribution >= 0.6 is 23.2 Å². The highest BCUT2D eigenvalue weighted by molar-refractivity contribution is 6.32. The molecule has 7 nitrogen and oxygen atoms in total. The van der Waals surface area contributed by atoms with Gasteiger partial charge >= 0.3 is 0 Å². The van der Waals surface area contributed by atoms with Crippen LogP contribution in [0.15, 0.2) is 58.9 Å². The number of nitrogens with one attached hydrogen (secondary N) is 1. The minimum atomic E-state index is -0.507. The Morgan fingerprint density at radius 1 is 0.925 bits per heavy atom. The molecule has 1 N–H and O–H groups in total. The molecule has 2 aliphatic carbocycles. The maximum atomic E-state index is 13.4. The standard InChI is InChI=1S/C31H32Cl2N2O5/c1-3-35-22-7-5-9-24(36)29(22)28(30-23(35)8-6-10-25(30)37)18-15-21(33)31(26(16-18)39-4-2)40-17-27(38)34-20-13-11-19(32)12-14-20/h11-16,28H,3-10,17H2,1-2H3,(H,34,38). The molecular weight excluding hydrogens is 551 g/mol. The van der Waals surface area contributed by atoms with E-state index in [0.29, 0.717) is 59.2 Å². The van der Waals surface area contributed by atoms with Crippen LogP contribution in [0.5, 0.6) is 11.5 Å². The number of anilines is 1. The molecule has 9 heteroatoms. The van der Waals surface area contributed by atoms with Gasteiger partial charge in [-0.25, -0.2) is 0 Å². The zero-order chi connectivity index (χ0) is 28.4. The van der Waals surface area contributed by atoms with Crippen LogP contribution in [0.2, 0.25) is 10.0 Å². The summed E-state index contributed by atoms with van der Waals surface area (Å²) < 4.78 is 11.8. The van der Waals surface area contributed by atoms with Crippen LogP contribution in [0.3, 0.4) is 0 Å². The molecule has 0 saturated heterocycles. The van der Waals surface area contributed by atoms with Crippen molar-refractivity contribution in [2.45, 2.75) is 58.3 Å². The molecule has 0 bridgehead atoms. The summed E-state index contributed by atoms with van der Waals surface area (Å²) in [5.74, 6) is -0.142. The Hall–Kier alpha value is -3.29. The second-order valence-corrected chi connectivity index (χ2v) is 10.9. The molecule has 0 radical (unpaired) electrons. The Balaban J connectivity index is 1.50. The molecule has 0 saturated carbocycles. The number of nitrogens with zero attached hydrogens (tertiary/aromatic N) is 1. The van der Waals surface area contributed by atoms with Crippen LogP contribution in [0, 0.1) is 0 Å². The molecule has 1 amide bonds. The Bertz CT molecular complexity index is 1370. The quantitative estimate of drug-likeness (QED) is 0.366. The molecule has 210 valence electrons. The Morgan fingerprint density at radius 2 is 1.55 bits per heavy atom. The Morgan fingerprint density at radius 3 is 2.12 bits per heavy atom. The lowest BCUT2D eigenvalue weighted by atomic mass is 9.71. The third-order valence-electron chi connectivity index (χ3n) is 7.54. The largest absolute Gasteiger partial charge is 0.490 e. The first kappa shape index (κ1) is 28.2. The number of carbonyl (C=O) groups is 3. The number of rotatable bonds is 8. The number of allylic oxidation sites excluding steroid dienone is 4. The number of benzene rings is 2. The average Bonchev–Trinajstić information content (AvgIpc) is 2.93. The number of hydrogen-bond acceptors (Lipinski definition) is 6. The fourth-order valence-electron chi connectivity index (χ4n) is 5.96. The van der Waals surface area contributed by atoms with Gasteiger partial charge in [0.05, 0.1) is 11.6 Å². The molecule has 2 aromatic rings. The van der Waals surface area contributed by atoms with Gasteiger partial charge in [-0.15, -0.1) is 0 Å². The molecule has 3 aliphatic rings. The number of halogens is 2. The van der Waals surface area contributed by atoms with Crippen molar-refractivity contribution in [3.8, 4) is 11.5 Å². The van der Waals surface area contributed by atoms with Crippen LogP contribution in [-0.2, 0) is 14.4 Å². The fourth-order valence-corrected chi connectivity index (χ4v) is 6.36. The highest BCUT2D eigenvalue weighted by Crippen LogP contribution is 2.51. The number of carbonyl (C=O) groups excluding carboxylic acids is 3. The smallest absolute Gasteiger partial charge is 0.262 e. The van der Waals surface area contributed by atoms with E-state index in [0.717, 1.165) is 37.1 Å². The van der Waals surface area contributed by atoms with Crippen LogP contribution in [0.25, 0.3) is 0 Å². The van der Waals surface area contributed by atoms with Gasteiger partial charge in [0.1, 0.15) is 0 Å². The summed E-state index contributed by atoms with van der Waals surface area (Å²) in [5, 5.41) is 3.57. The van der Waals surface area contributed by atoms with Gasteiger partial charge in [0.25, 0.3) is 5.91 Å². The average molecular weight is 584 g/mol. The van der Waals surface area contributed by atoms with Gasteiger partial charge in [-0.3, -0.25) is 14.4 Å². The minimum Gasteiger partial charge on any atom is -0.490 e. The zero-order valence-corrected chi connectivity index (χ0v) is 24.2. The Kier molecular flexibility index (Phi) is 8.52. The lowest BCUT2D eigenvalue weighted by Crippen LogP contribution is -2.39. The highest BCUT2D eigenvalue weighted by atomic mass is 35.5. The molecule has 1 aliphatic heterocycles. The van der Waals surface area contributed by atoms with E-state index in [1.165, 1.54) is 0 Å². The summed E-state index contributed by atoms with van der Waals surface area (Å²) in [6.45, 7) is 4.65. The number of Topliss-reactive ketones (excluding diaryl/α,β-unsaturated/α-hetero) is 2. The maximum Gasteiger partial charge on any atom is 0.262 e. The summed E-state index contributed by atoms with van der Waals surface area (Å²) in [4.78, 5) is 41.6. The molecule has 1 heterocycles. The number of hydrogen-bond donors (Lipinski definition) is 1. The van der Waals surface area contributed by atoms with E-state index in [9.17, 15) is 14.4 Å². The van der Waals surface area contributed by atoms with Crippen LogP contribution < -0.4 is 14.8 Å². The lowest BCUT2D eigenvalue weighted by molar-refractivity contribution is -0.118. The molecule has 5 rings (SSSR count). The van der Waals surface area contributed by atoms with Gasteiger partial charge in [-0.2, -0.15) is 0 Å². The van der Waals surface area contributed by atoms with Gasteiger partial charge in [0.15, 0.2) is 29.7 Å². The van der Waals surface area contributed by atoms with Crippen molar-refractivity contribution in [2.24, 2.45) is 0 Å². The highest BCUT2D eigenvalue weighted by Gasteiger charge is 2.43. The van der Waals surface area contributed by atoms with E-state index in [-0.39, 0.29) is 34.9 Å². The van der Waals surface area contributed by atoms with Crippen molar-refractivity contribution in [3.63, 3.8) is 0 Å². The molecule has 0 atom stereocenters. The van der Waals surface area contributed by atoms with Crippen molar-refractivity contribution < 1.29 is 23.9 Å². The van der Waals surface area contributed by atoms with Crippen LogP contribution in [0.1, 0.15) is 63.9 Å². The third-order valence-corrected chi connectivity index (χ3v) is 8.08. The third kappa shape index (κ3) is 5.50. The number of amides is 1. The van der Waals surface area contributed by atoms with Crippen molar-refractivity contribution in [1.82, 2.24) is 4.90 Å². The van der Waals surface area contributed by atoms with E-state index in [1.807, 2.05) is 6.92 Å². The van der Waals surface area contributed by atoms with Gasteiger partial charge in [-0.05, 0) is 81.5 Å². The zero-order valence-electron chi connectivity index (χ0n) is 22.6. The van der Waals surface area contributed by atoms with Gasteiger partial charge in [-0.1, -0.05) is 23.2 Å². The second-order valence-electron chi connectivity index (χ2n) is 10.1. The fraction of sp³-hybridized carbons (Fsp3) is 0.387. The lowest BCUT2D eigenvalue weighted by Gasteiger charge is -2.43. The van der Waals surface area contributed by atoms with Gasteiger partial charge in [0.2, 0.25) is 0 Å². The molecule has 40 heavy (non-hydrogen) atoms. The van der Waals surface area contributed by atoms with E-state index in [2.05, 4.69) is 17.1 Å². The summed E-state index contributed by atoms with van der Waals surface area (Å²) >= 11 is 12.7. The maximum absolute atomic E-state index is 13.4. The predicted octanol–water partition coefficient (Wildman–Crippen LogP) is 6.84. The van der Waals surface area contributed by atoms with E-state index in [1.54, 1.807) is 36.4 Å². The van der Waals surface area contributed by atoms with Crippen LogP contribution in [0.4, 0.5) is 5.69 Å². The molecule has 2 aromatic carbocycles. The van der Waals surface area contributed by atoms with Crippen molar-refractivity contribution in [1.29, 1.82) is 0 Å².